The molecule has 2 aromatic carbocycles. The van der Waals surface area contributed by atoms with Gasteiger partial charge >= 0.3 is 0 Å². The van der Waals surface area contributed by atoms with Crippen molar-refractivity contribution in [1.29, 1.82) is 0 Å². The Morgan fingerprint density at radius 1 is 1.12 bits per heavy atom. The predicted molar refractivity (Wildman–Crippen MR) is 99.1 cm³/mol. The summed E-state index contributed by atoms with van der Waals surface area (Å²) in [6, 6.07) is 13.1. The minimum atomic E-state index is 0.0812. The van der Waals surface area contributed by atoms with Crippen LogP contribution in [0, 0.1) is 0 Å². The highest BCUT2D eigenvalue weighted by molar-refractivity contribution is 7.18. The zero-order valence-electron chi connectivity index (χ0n) is 13.3. The number of aromatic nitrogens is 1. The normalized spacial score (nSPS) is 10.8. The molecule has 3 nitrogen and oxygen atoms in total. The smallest absolute Gasteiger partial charge is 0.150 e. The van der Waals surface area contributed by atoms with Gasteiger partial charge in [-0.1, -0.05) is 35.9 Å². The van der Waals surface area contributed by atoms with Gasteiger partial charge < -0.3 is 4.74 Å². The maximum absolute atomic E-state index is 10.7. The molecule has 3 aromatic rings. The van der Waals surface area contributed by atoms with E-state index in [9.17, 15) is 4.79 Å². The summed E-state index contributed by atoms with van der Waals surface area (Å²) in [5, 5.41) is 1.49. The van der Waals surface area contributed by atoms with Crippen molar-refractivity contribution in [2.24, 2.45) is 0 Å². The van der Waals surface area contributed by atoms with Crippen LogP contribution in [0.3, 0.4) is 0 Å². The molecule has 24 heavy (non-hydrogen) atoms. The number of hydrogen-bond acceptors (Lipinski definition) is 4. The first kappa shape index (κ1) is 16.7. The Labute approximate surface area is 149 Å². The number of nitrogens with zero attached hydrogens (tertiary/aromatic N) is 1. The molecular formula is C19H16ClNO2S. The molecular weight excluding hydrogens is 342 g/mol. The Morgan fingerprint density at radius 3 is 2.46 bits per heavy atom. The lowest BCUT2D eigenvalue weighted by molar-refractivity contribution is 0.112. The van der Waals surface area contributed by atoms with Gasteiger partial charge in [0.25, 0.3) is 0 Å². The lowest BCUT2D eigenvalue weighted by Gasteiger charge is -2.11. The molecule has 5 heteroatoms. The van der Waals surface area contributed by atoms with Crippen LogP contribution in [-0.4, -0.2) is 17.4 Å². The minimum Gasteiger partial charge on any atom is -0.489 e. The standard InChI is InChI=1S/C19H16ClNO2S/c1-12(2)23-17-8-7-15(9-16(17)20)18-10-21-19(24-18)14-5-3-13(11-22)4-6-14/h3-12H,1-2H3. The zero-order chi connectivity index (χ0) is 17.1. The summed E-state index contributed by atoms with van der Waals surface area (Å²) >= 11 is 7.89. The lowest BCUT2D eigenvalue weighted by Crippen LogP contribution is -2.05. The molecule has 0 unspecified atom stereocenters. The van der Waals surface area contributed by atoms with Gasteiger partial charge in [-0.2, -0.15) is 0 Å². The van der Waals surface area contributed by atoms with E-state index in [1.54, 1.807) is 23.5 Å². The highest BCUT2D eigenvalue weighted by Gasteiger charge is 2.10. The van der Waals surface area contributed by atoms with E-state index in [1.807, 2.05) is 50.4 Å². The second-order valence-electron chi connectivity index (χ2n) is 5.58. The van der Waals surface area contributed by atoms with Gasteiger partial charge in [0.2, 0.25) is 0 Å². The third-order valence-corrected chi connectivity index (χ3v) is 4.77. The number of benzene rings is 2. The van der Waals surface area contributed by atoms with Crippen molar-refractivity contribution in [2.45, 2.75) is 20.0 Å². The van der Waals surface area contributed by atoms with Crippen LogP contribution in [0.15, 0.2) is 48.7 Å². The number of ether oxygens (including phenoxy) is 1. The van der Waals surface area contributed by atoms with Gasteiger partial charge in [0, 0.05) is 17.3 Å². The van der Waals surface area contributed by atoms with Gasteiger partial charge in [-0.15, -0.1) is 11.3 Å². The number of rotatable bonds is 5. The molecule has 1 heterocycles. The number of halogens is 1. The molecule has 122 valence electrons. The predicted octanol–water partition coefficient (Wildman–Crippen LogP) is 5.73. The molecule has 1 aromatic heterocycles. The maximum atomic E-state index is 10.7. The van der Waals surface area contributed by atoms with E-state index in [-0.39, 0.29) is 6.10 Å². The van der Waals surface area contributed by atoms with Crippen molar-refractivity contribution in [2.75, 3.05) is 0 Å². The molecule has 0 aliphatic carbocycles. The largest absolute Gasteiger partial charge is 0.489 e. The van der Waals surface area contributed by atoms with E-state index in [1.165, 1.54) is 0 Å². The quantitative estimate of drug-likeness (QED) is 0.547. The second kappa shape index (κ2) is 7.16. The molecule has 0 spiro atoms. The molecule has 0 N–H and O–H groups in total. The van der Waals surface area contributed by atoms with E-state index in [0.29, 0.717) is 16.3 Å². The molecule has 0 amide bonds. The fourth-order valence-electron chi connectivity index (χ4n) is 2.25. The van der Waals surface area contributed by atoms with Gasteiger partial charge in [-0.05, 0) is 37.6 Å². The second-order valence-corrected chi connectivity index (χ2v) is 7.02. The Kier molecular flexibility index (Phi) is 4.97. The molecule has 3 rings (SSSR count). The summed E-state index contributed by atoms with van der Waals surface area (Å²) in [4.78, 5) is 16.2. The molecule has 0 bridgehead atoms. The van der Waals surface area contributed by atoms with Gasteiger partial charge in [0.1, 0.15) is 17.0 Å². The minimum absolute atomic E-state index is 0.0812. The van der Waals surface area contributed by atoms with Gasteiger partial charge in [-0.25, -0.2) is 4.98 Å². The van der Waals surface area contributed by atoms with Crippen LogP contribution in [0.5, 0.6) is 5.75 Å². The third-order valence-electron chi connectivity index (χ3n) is 3.38. The molecule has 0 aliphatic rings. The molecule has 0 saturated heterocycles. The Morgan fingerprint density at radius 2 is 1.83 bits per heavy atom. The topological polar surface area (TPSA) is 39.2 Å². The highest BCUT2D eigenvalue weighted by atomic mass is 35.5. The van der Waals surface area contributed by atoms with Crippen molar-refractivity contribution in [1.82, 2.24) is 4.98 Å². The van der Waals surface area contributed by atoms with Gasteiger partial charge in [0.15, 0.2) is 0 Å². The fourth-order valence-corrected chi connectivity index (χ4v) is 3.39. The average molecular weight is 358 g/mol. The highest BCUT2D eigenvalue weighted by Crippen LogP contribution is 2.36. The lowest BCUT2D eigenvalue weighted by atomic mass is 10.1. The van der Waals surface area contributed by atoms with E-state index in [0.717, 1.165) is 27.3 Å². The number of thiazole rings is 1. The van der Waals surface area contributed by atoms with Crippen molar-refractivity contribution >= 4 is 29.2 Å². The monoisotopic (exact) mass is 357 g/mol. The van der Waals surface area contributed by atoms with Crippen LogP contribution in [0.1, 0.15) is 24.2 Å². The Bertz CT molecular complexity index is 856. The third kappa shape index (κ3) is 3.66. The Hall–Kier alpha value is -2.17. The first-order valence-electron chi connectivity index (χ1n) is 7.55. The zero-order valence-corrected chi connectivity index (χ0v) is 14.9. The number of carbonyl (C=O) groups excluding carboxylic acids is 1. The maximum Gasteiger partial charge on any atom is 0.150 e. The Balaban J connectivity index is 1.87. The first-order valence-corrected chi connectivity index (χ1v) is 8.74. The van der Waals surface area contributed by atoms with Crippen molar-refractivity contribution < 1.29 is 9.53 Å². The van der Waals surface area contributed by atoms with E-state index in [4.69, 9.17) is 16.3 Å². The van der Waals surface area contributed by atoms with E-state index < -0.39 is 0 Å². The molecule has 0 atom stereocenters. The molecule has 0 fully saturated rings. The molecule has 0 saturated carbocycles. The van der Waals surface area contributed by atoms with Crippen LogP contribution in [0.4, 0.5) is 0 Å². The van der Waals surface area contributed by atoms with Crippen LogP contribution in [0.25, 0.3) is 21.0 Å². The van der Waals surface area contributed by atoms with E-state index in [2.05, 4.69) is 4.98 Å². The summed E-state index contributed by atoms with van der Waals surface area (Å²) in [5.41, 5.74) is 2.65. The summed E-state index contributed by atoms with van der Waals surface area (Å²) in [7, 11) is 0. The summed E-state index contributed by atoms with van der Waals surface area (Å²) in [5.74, 6) is 0.685. The van der Waals surface area contributed by atoms with Crippen LogP contribution < -0.4 is 4.74 Å². The van der Waals surface area contributed by atoms with Crippen molar-refractivity contribution in [3.63, 3.8) is 0 Å². The van der Waals surface area contributed by atoms with Crippen molar-refractivity contribution in [3.8, 4) is 26.8 Å². The average Bonchev–Trinajstić information content (AvgIpc) is 3.06. The first-order chi connectivity index (χ1) is 11.6. The summed E-state index contributed by atoms with van der Waals surface area (Å²) in [6.07, 6.45) is 2.75. The molecule has 0 aliphatic heterocycles. The summed E-state index contributed by atoms with van der Waals surface area (Å²) in [6.45, 7) is 3.94. The van der Waals surface area contributed by atoms with Crippen LogP contribution >= 0.6 is 22.9 Å². The van der Waals surface area contributed by atoms with Gasteiger partial charge in [0.05, 0.1) is 16.0 Å². The fraction of sp³-hybridized carbons (Fsp3) is 0.158. The SMILES string of the molecule is CC(C)Oc1ccc(-c2cnc(-c3ccc(C=O)cc3)s2)cc1Cl. The summed E-state index contributed by atoms with van der Waals surface area (Å²) < 4.78 is 5.66. The number of carbonyl (C=O) groups is 1. The van der Waals surface area contributed by atoms with Crippen LogP contribution in [-0.2, 0) is 0 Å². The van der Waals surface area contributed by atoms with Crippen molar-refractivity contribution in [3.05, 3.63) is 59.2 Å². The van der Waals surface area contributed by atoms with E-state index >= 15 is 0 Å². The molecule has 0 radical (unpaired) electrons. The number of hydrogen-bond donors (Lipinski definition) is 0. The number of aldehydes is 1. The van der Waals surface area contributed by atoms with Crippen LogP contribution in [0.2, 0.25) is 5.02 Å². The van der Waals surface area contributed by atoms with Gasteiger partial charge in [-0.3, -0.25) is 4.79 Å².